The highest BCUT2D eigenvalue weighted by atomic mass is 16.5. The number of rotatable bonds is 9. The summed E-state index contributed by atoms with van der Waals surface area (Å²) in [5, 5.41) is 6.35. The molecule has 1 amide bonds. The standard InChI is InChI=1S/C22H34N4O3/c1-23-22(26(2)11-8-17-9-12-28-13-10-17)24-15-18-4-3-5-20(14-18)29-16-21(27)25-19-6-7-19/h3-5,14,17,19H,6-13,15-16H2,1-2H3,(H,23,24)(H,25,27). The minimum absolute atomic E-state index is 0.0532. The third kappa shape index (κ3) is 7.57. The van der Waals surface area contributed by atoms with Gasteiger partial charge in [0.05, 0.1) is 0 Å². The second kappa shape index (κ2) is 11.0. The Morgan fingerprint density at radius 2 is 2.07 bits per heavy atom. The van der Waals surface area contributed by atoms with E-state index in [-0.39, 0.29) is 12.5 Å². The summed E-state index contributed by atoms with van der Waals surface area (Å²) in [4.78, 5) is 18.4. The minimum atomic E-state index is -0.0532. The van der Waals surface area contributed by atoms with E-state index in [0.717, 1.165) is 69.3 Å². The third-order valence-electron chi connectivity index (χ3n) is 5.45. The molecular weight excluding hydrogens is 368 g/mol. The normalized spacial score (nSPS) is 17.7. The molecule has 0 bridgehead atoms. The van der Waals surface area contributed by atoms with Crippen LogP contribution in [0.2, 0.25) is 0 Å². The van der Waals surface area contributed by atoms with E-state index >= 15 is 0 Å². The van der Waals surface area contributed by atoms with Gasteiger partial charge in [-0.2, -0.15) is 0 Å². The molecule has 0 aromatic heterocycles. The topological polar surface area (TPSA) is 75.2 Å². The summed E-state index contributed by atoms with van der Waals surface area (Å²) in [6, 6.07) is 8.19. The van der Waals surface area contributed by atoms with E-state index < -0.39 is 0 Å². The van der Waals surface area contributed by atoms with Crippen molar-refractivity contribution in [1.29, 1.82) is 0 Å². The second-order valence-electron chi connectivity index (χ2n) is 7.94. The van der Waals surface area contributed by atoms with E-state index in [4.69, 9.17) is 9.47 Å². The molecule has 160 valence electrons. The van der Waals surface area contributed by atoms with Crippen LogP contribution >= 0.6 is 0 Å². The van der Waals surface area contributed by atoms with Crippen LogP contribution in [0.5, 0.6) is 5.75 Å². The molecule has 0 radical (unpaired) electrons. The Bertz CT molecular complexity index is 684. The highest BCUT2D eigenvalue weighted by Gasteiger charge is 2.23. The molecule has 1 aromatic rings. The molecule has 1 heterocycles. The van der Waals surface area contributed by atoms with Crippen LogP contribution in [0.4, 0.5) is 0 Å². The molecule has 29 heavy (non-hydrogen) atoms. The van der Waals surface area contributed by atoms with Crippen molar-refractivity contribution < 1.29 is 14.3 Å². The lowest BCUT2D eigenvalue weighted by Gasteiger charge is -2.26. The molecule has 1 saturated carbocycles. The van der Waals surface area contributed by atoms with Crippen LogP contribution in [-0.4, -0.2) is 63.3 Å². The fraction of sp³-hybridized carbons (Fsp3) is 0.636. The monoisotopic (exact) mass is 402 g/mol. The molecule has 0 unspecified atom stereocenters. The van der Waals surface area contributed by atoms with Gasteiger partial charge in [-0.15, -0.1) is 0 Å². The van der Waals surface area contributed by atoms with Gasteiger partial charge in [0.1, 0.15) is 5.75 Å². The van der Waals surface area contributed by atoms with Gasteiger partial charge in [-0.25, -0.2) is 0 Å². The van der Waals surface area contributed by atoms with Crippen molar-refractivity contribution in [2.75, 3.05) is 40.5 Å². The summed E-state index contributed by atoms with van der Waals surface area (Å²) in [6.45, 7) is 3.47. The van der Waals surface area contributed by atoms with E-state index in [2.05, 4.69) is 27.6 Å². The van der Waals surface area contributed by atoms with E-state index in [1.807, 2.05) is 31.3 Å². The summed E-state index contributed by atoms with van der Waals surface area (Å²) >= 11 is 0. The summed E-state index contributed by atoms with van der Waals surface area (Å²) in [7, 11) is 3.89. The fourth-order valence-electron chi connectivity index (χ4n) is 3.47. The molecule has 1 aliphatic heterocycles. The first-order valence-corrected chi connectivity index (χ1v) is 10.6. The largest absolute Gasteiger partial charge is 0.484 e. The molecule has 1 aromatic carbocycles. The summed E-state index contributed by atoms with van der Waals surface area (Å²) in [6.07, 6.45) is 5.64. The highest BCUT2D eigenvalue weighted by molar-refractivity contribution is 5.79. The number of aliphatic imine (C=N–C) groups is 1. The quantitative estimate of drug-likeness (QED) is 0.489. The lowest BCUT2D eigenvalue weighted by atomic mass is 9.96. The average molecular weight is 403 g/mol. The third-order valence-corrected chi connectivity index (χ3v) is 5.45. The number of carbonyl (C=O) groups is 1. The van der Waals surface area contributed by atoms with Gasteiger partial charge < -0.3 is 25.0 Å². The number of carbonyl (C=O) groups excluding carboxylic acids is 1. The number of nitrogens with zero attached hydrogens (tertiary/aromatic N) is 2. The van der Waals surface area contributed by atoms with Gasteiger partial charge >= 0.3 is 0 Å². The molecule has 1 saturated heterocycles. The van der Waals surface area contributed by atoms with Crippen LogP contribution in [0.25, 0.3) is 0 Å². The van der Waals surface area contributed by atoms with Gasteiger partial charge in [0, 0.05) is 46.4 Å². The lowest BCUT2D eigenvalue weighted by Crippen LogP contribution is -2.39. The van der Waals surface area contributed by atoms with E-state index in [0.29, 0.717) is 18.3 Å². The number of amides is 1. The molecule has 2 N–H and O–H groups in total. The number of benzene rings is 1. The Morgan fingerprint density at radius 3 is 2.79 bits per heavy atom. The summed E-state index contributed by atoms with van der Waals surface area (Å²) in [5.74, 6) is 2.28. The fourth-order valence-corrected chi connectivity index (χ4v) is 3.47. The predicted octanol–water partition coefficient (Wildman–Crippen LogP) is 2.17. The molecule has 2 aliphatic rings. The first kappa shape index (κ1) is 21.4. The number of nitrogens with one attached hydrogen (secondary N) is 2. The molecule has 1 aliphatic carbocycles. The molecular formula is C22H34N4O3. The Labute approximate surface area is 173 Å². The maximum atomic E-state index is 11.8. The van der Waals surface area contributed by atoms with Crippen LogP contribution in [0.3, 0.4) is 0 Å². The number of guanidine groups is 1. The Hall–Kier alpha value is -2.28. The zero-order valence-corrected chi connectivity index (χ0v) is 17.7. The molecule has 0 atom stereocenters. The van der Waals surface area contributed by atoms with Crippen LogP contribution in [-0.2, 0) is 16.1 Å². The maximum absolute atomic E-state index is 11.8. The molecule has 3 rings (SSSR count). The van der Waals surface area contributed by atoms with Gasteiger partial charge in [-0.3, -0.25) is 9.79 Å². The predicted molar refractivity (Wildman–Crippen MR) is 114 cm³/mol. The second-order valence-corrected chi connectivity index (χ2v) is 7.94. The summed E-state index contributed by atoms with van der Waals surface area (Å²) in [5.41, 5.74) is 1.09. The van der Waals surface area contributed by atoms with Gasteiger partial charge in [0.15, 0.2) is 12.6 Å². The summed E-state index contributed by atoms with van der Waals surface area (Å²) < 4.78 is 11.1. The van der Waals surface area contributed by atoms with Crippen LogP contribution < -0.4 is 15.4 Å². The van der Waals surface area contributed by atoms with Gasteiger partial charge in [-0.1, -0.05) is 12.1 Å². The zero-order valence-electron chi connectivity index (χ0n) is 17.7. The smallest absolute Gasteiger partial charge is 0.258 e. The maximum Gasteiger partial charge on any atom is 0.258 e. The van der Waals surface area contributed by atoms with E-state index in [9.17, 15) is 4.79 Å². The zero-order chi connectivity index (χ0) is 20.5. The Balaban J connectivity index is 1.41. The van der Waals surface area contributed by atoms with E-state index in [1.165, 1.54) is 0 Å². The van der Waals surface area contributed by atoms with Crippen molar-refractivity contribution in [3.05, 3.63) is 29.8 Å². The van der Waals surface area contributed by atoms with Crippen LogP contribution in [0, 0.1) is 5.92 Å². The van der Waals surface area contributed by atoms with E-state index in [1.54, 1.807) is 0 Å². The molecule has 7 heteroatoms. The first-order chi connectivity index (χ1) is 14.1. The van der Waals surface area contributed by atoms with Crippen LogP contribution in [0.1, 0.15) is 37.7 Å². The van der Waals surface area contributed by atoms with Crippen molar-refractivity contribution >= 4 is 11.9 Å². The SMILES string of the molecule is CN=C(NCc1cccc(OCC(=O)NC2CC2)c1)N(C)CCC1CCOCC1. The lowest BCUT2D eigenvalue weighted by molar-refractivity contribution is -0.123. The molecule has 0 spiro atoms. The molecule has 7 nitrogen and oxygen atoms in total. The van der Waals surface area contributed by atoms with Gasteiger partial charge in [0.2, 0.25) is 0 Å². The minimum Gasteiger partial charge on any atom is -0.484 e. The number of hydrogen-bond acceptors (Lipinski definition) is 4. The van der Waals surface area contributed by atoms with Gasteiger partial charge in [-0.05, 0) is 55.7 Å². The van der Waals surface area contributed by atoms with Gasteiger partial charge in [0.25, 0.3) is 5.91 Å². The van der Waals surface area contributed by atoms with Crippen molar-refractivity contribution in [3.63, 3.8) is 0 Å². The average Bonchev–Trinajstić information content (AvgIpc) is 3.56. The molecule has 2 fully saturated rings. The number of hydrogen-bond donors (Lipinski definition) is 2. The number of ether oxygens (including phenoxy) is 2. The van der Waals surface area contributed by atoms with Crippen molar-refractivity contribution in [1.82, 2.24) is 15.5 Å². The van der Waals surface area contributed by atoms with Crippen LogP contribution in [0.15, 0.2) is 29.3 Å². The van der Waals surface area contributed by atoms with Crippen molar-refractivity contribution in [3.8, 4) is 5.75 Å². The Kier molecular flexibility index (Phi) is 8.16. The van der Waals surface area contributed by atoms with Crippen molar-refractivity contribution in [2.45, 2.75) is 44.7 Å². The first-order valence-electron chi connectivity index (χ1n) is 10.6. The Morgan fingerprint density at radius 1 is 1.28 bits per heavy atom. The van der Waals surface area contributed by atoms with Crippen molar-refractivity contribution in [2.24, 2.45) is 10.9 Å². The highest BCUT2D eigenvalue weighted by Crippen LogP contribution is 2.19.